The number of rotatable bonds is 8. The summed E-state index contributed by atoms with van der Waals surface area (Å²) in [5, 5.41) is 7.82. The molecule has 1 N–H and O–H groups in total. The normalized spacial score (nSPS) is 15.6. The highest BCUT2D eigenvalue weighted by Crippen LogP contribution is 2.19. The van der Waals surface area contributed by atoms with Crippen molar-refractivity contribution in [3.8, 4) is 0 Å². The number of hydrogen-bond donors (Lipinski definition) is 1. The Balaban J connectivity index is 1.64. The van der Waals surface area contributed by atoms with Gasteiger partial charge in [0.15, 0.2) is 0 Å². The van der Waals surface area contributed by atoms with Crippen LogP contribution in [-0.4, -0.2) is 29.0 Å². The molecule has 4 heteroatoms. The molecule has 0 bridgehead atoms. The highest BCUT2D eigenvalue weighted by atomic mass is 16.5. The van der Waals surface area contributed by atoms with Crippen LogP contribution in [0.4, 0.5) is 0 Å². The monoisotopic (exact) mass is 223 g/mol. The Morgan fingerprint density at radius 2 is 2.44 bits per heavy atom. The highest BCUT2D eigenvalue weighted by molar-refractivity contribution is 5.04. The van der Waals surface area contributed by atoms with E-state index >= 15 is 0 Å². The lowest BCUT2D eigenvalue weighted by atomic mass is 10.3. The molecule has 90 valence electrons. The fourth-order valence-electron chi connectivity index (χ4n) is 1.64. The third-order valence-electron chi connectivity index (χ3n) is 2.74. The van der Waals surface area contributed by atoms with Crippen molar-refractivity contribution >= 4 is 0 Å². The van der Waals surface area contributed by atoms with E-state index in [0.29, 0.717) is 0 Å². The summed E-state index contributed by atoms with van der Waals surface area (Å²) < 4.78 is 7.30. The van der Waals surface area contributed by atoms with Crippen molar-refractivity contribution in [1.82, 2.24) is 15.1 Å². The first-order chi connectivity index (χ1) is 7.88. The standard InChI is InChI=1S/C12H21N3O/c1-2-16-7-3-6-15-10-11(9-14-15)8-13-12-4-5-12/h9-10,12-13H,2-8H2,1H3. The second-order valence-corrected chi connectivity index (χ2v) is 4.32. The maximum absolute atomic E-state index is 5.30. The number of nitrogens with one attached hydrogen (secondary N) is 1. The van der Waals surface area contributed by atoms with Gasteiger partial charge in [0.1, 0.15) is 0 Å². The highest BCUT2D eigenvalue weighted by Gasteiger charge is 2.20. The lowest BCUT2D eigenvalue weighted by molar-refractivity contribution is 0.141. The summed E-state index contributed by atoms with van der Waals surface area (Å²) in [4.78, 5) is 0. The molecule has 2 rings (SSSR count). The van der Waals surface area contributed by atoms with Crippen LogP contribution in [-0.2, 0) is 17.8 Å². The zero-order valence-electron chi connectivity index (χ0n) is 9.98. The number of nitrogens with zero attached hydrogens (tertiary/aromatic N) is 2. The van der Waals surface area contributed by atoms with E-state index in [0.717, 1.165) is 38.8 Å². The molecule has 1 heterocycles. The van der Waals surface area contributed by atoms with Crippen molar-refractivity contribution in [1.29, 1.82) is 0 Å². The van der Waals surface area contributed by atoms with Gasteiger partial charge in [0, 0.05) is 44.1 Å². The Hall–Kier alpha value is -0.870. The quantitative estimate of drug-likeness (QED) is 0.680. The van der Waals surface area contributed by atoms with Gasteiger partial charge in [-0.15, -0.1) is 0 Å². The van der Waals surface area contributed by atoms with Gasteiger partial charge in [-0.1, -0.05) is 0 Å². The maximum Gasteiger partial charge on any atom is 0.0534 e. The van der Waals surface area contributed by atoms with E-state index in [-0.39, 0.29) is 0 Å². The SMILES string of the molecule is CCOCCCn1cc(CNC2CC2)cn1. The number of ether oxygens (including phenoxy) is 1. The van der Waals surface area contributed by atoms with Crippen LogP contribution in [0, 0.1) is 0 Å². The number of aromatic nitrogens is 2. The number of aryl methyl sites for hydroxylation is 1. The molecule has 0 saturated heterocycles. The van der Waals surface area contributed by atoms with Crippen LogP contribution in [0.5, 0.6) is 0 Å². The Morgan fingerprint density at radius 3 is 3.19 bits per heavy atom. The van der Waals surface area contributed by atoms with Crippen LogP contribution in [0.15, 0.2) is 12.4 Å². The molecule has 0 aromatic carbocycles. The van der Waals surface area contributed by atoms with E-state index in [1.54, 1.807) is 0 Å². The molecular weight excluding hydrogens is 202 g/mol. The summed E-state index contributed by atoms with van der Waals surface area (Å²) in [6.07, 6.45) is 7.79. The summed E-state index contributed by atoms with van der Waals surface area (Å²) in [6, 6.07) is 0.765. The zero-order chi connectivity index (χ0) is 11.2. The first-order valence-electron chi connectivity index (χ1n) is 6.21. The molecule has 1 aromatic heterocycles. The van der Waals surface area contributed by atoms with Gasteiger partial charge in [0.25, 0.3) is 0 Å². The van der Waals surface area contributed by atoms with E-state index in [9.17, 15) is 0 Å². The summed E-state index contributed by atoms with van der Waals surface area (Å²) in [6.45, 7) is 5.55. The molecule has 1 aliphatic rings. The Bertz CT molecular complexity index is 307. The van der Waals surface area contributed by atoms with Crippen molar-refractivity contribution < 1.29 is 4.74 Å². The van der Waals surface area contributed by atoms with Crippen LogP contribution in [0.25, 0.3) is 0 Å². The average Bonchev–Trinajstić information content (AvgIpc) is 3.02. The molecule has 1 aliphatic carbocycles. The Morgan fingerprint density at radius 1 is 1.56 bits per heavy atom. The van der Waals surface area contributed by atoms with Crippen LogP contribution in [0.2, 0.25) is 0 Å². The van der Waals surface area contributed by atoms with E-state index in [2.05, 4.69) is 16.6 Å². The van der Waals surface area contributed by atoms with Crippen LogP contribution < -0.4 is 5.32 Å². The van der Waals surface area contributed by atoms with Gasteiger partial charge >= 0.3 is 0 Å². The Kier molecular flexibility index (Phi) is 4.36. The van der Waals surface area contributed by atoms with Gasteiger partial charge in [-0.05, 0) is 26.2 Å². The molecule has 0 amide bonds. The lowest BCUT2D eigenvalue weighted by Crippen LogP contribution is -2.14. The van der Waals surface area contributed by atoms with Gasteiger partial charge in [-0.2, -0.15) is 5.10 Å². The molecule has 0 spiro atoms. The van der Waals surface area contributed by atoms with Gasteiger partial charge in [0.05, 0.1) is 6.20 Å². The summed E-state index contributed by atoms with van der Waals surface area (Å²) in [5.74, 6) is 0. The molecule has 0 aliphatic heterocycles. The van der Waals surface area contributed by atoms with Crippen molar-refractivity contribution in [3.05, 3.63) is 18.0 Å². The topological polar surface area (TPSA) is 39.1 Å². The minimum absolute atomic E-state index is 0.765. The smallest absolute Gasteiger partial charge is 0.0534 e. The molecule has 1 aromatic rings. The average molecular weight is 223 g/mol. The molecule has 0 radical (unpaired) electrons. The first kappa shape index (κ1) is 11.6. The second kappa shape index (κ2) is 6.01. The fourth-order valence-corrected chi connectivity index (χ4v) is 1.64. The zero-order valence-corrected chi connectivity index (χ0v) is 9.98. The molecule has 1 fully saturated rings. The van der Waals surface area contributed by atoms with Gasteiger partial charge in [-0.25, -0.2) is 0 Å². The largest absolute Gasteiger partial charge is 0.382 e. The molecular formula is C12H21N3O. The number of hydrogen-bond acceptors (Lipinski definition) is 3. The van der Waals surface area contributed by atoms with Crippen LogP contribution in [0.3, 0.4) is 0 Å². The van der Waals surface area contributed by atoms with Crippen molar-refractivity contribution in [2.75, 3.05) is 13.2 Å². The molecule has 16 heavy (non-hydrogen) atoms. The molecule has 1 saturated carbocycles. The van der Waals surface area contributed by atoms with Gasteiger partial charge in [-0.3, -0.25) is 4.68 Å². The van der Waals surface area contributed by atoms with E-state index < -0.39 is 0 Å². The predicted molar refractivity (Wildman–Crippen MR) is 63.2 cm³/mol. The van der Waals surface area contributed by atoms with Crippen LogP contribution in [0.1, 0.15) is 31.7 Å². The fraction of sp³-hybridized carbons (Fsp3) is 0.750. The van der Waals surface area contributed by atoms with E-state index in [1.807, 2.05) is 17.8 Å². The lowest BCUT2D eigenvalue weighted by Gasteiger charge is -2.01. The molecule has 4 nitrogen and oxygen atoms in total. The third kappa shape index (κ3) is 3.94. The van der Waals surface area contributed by atoms with Crippen LogP contribution >= 0.6 is 0 Å². The van der Waals surface area contributed by atoms with E-state index in [1.165, 1.54) is 18.4 Å². The minimum Gasteiger partial charge on any atom is -0.382 e. The first-order valence-corrected chi connectivity index (χ1v) is 6.21. The molecule has 0 unspecified atom stereocenters. The summed E-state index contributed by atoms with van der Waals surface area (Å²) >= 11 is 0. The summed E-state index contributed by atoms with van der Waals surface area (Å²) in [5.41, 5.74) is 1.28. The second-order valence-electron chi connectivity index (χ2n) is 4.32. The van der Waals surface area contributed by atoms with Gasteiger partial charge < -0.3 is 10.1 Å². The predicted octanol–water partition coefficient (Wildman–Crippen LogP) is 1.56. The Labute approximate surface area is 97.0 Å². The van der Waals surface area contributed by atoms with Crippen molar-refractivity contribution in [3.63, 3.8) is 0 Å². The van der Waals surface area contributed by atoms with E-state index in [4.69, 9.17) is 4.74 Å². The van der Waals surface area contributed by atoms with Crippen molar-refractivity contribution in [2.45, 2.75) is 45.3 Å². The van der Waals surface area contributed by atoms with Gasteiger partial charge in [0.2, 0.25) is 0 Å². The third-order valence-corrected chi connectivity index (χ3v) is 2.74. The van der Waals surface area contributed by atoms with Crippen molar-refractivity contribution in [2.24, 2.45) is 0 Å². The maximum atomic E-state index is 5.30. The molecule has 0 atom stereocenters. The summed E-state index contributed by atoms with van der Waals surface area (Å²) in [7, 11) is 0. The minimum atomic E-state index is 0.765.